The Balaban J connectivity index is 2.00. The summed E-state index contributed by atoms with van der Waals surface area (Å²) >= 11 is 0. The van der Waals surface area contributed by atoms with Crippen LogP contribution in [0.3, 0.4) is 0 Å². The molecule has 0 spiro atoms. The number of aliphatic hydroxyl groups is 1. The van der Waals surface area contributed by atoms with Crippen molar-refractivity contribution in [2.45, 2.75) is 19.4 Å². The lowest BCUT2D eigenvalue weighted by Gasteiger charge is -2.08. The standard InChI is InChI=1S/C17H17NO4/c19-15(12-16(20)17(21)22)14-9-5-11-18(14)10-4-8-13-6-2-1-3-7-13/h1-3,5-7,9,11-12,19H,4,8,10H2,(H,21,22)/b15-12-. The van der Waals surface area contributed by atoms with Crippen molar-refractivity contribution in [1.82, 2.24) is 4.57 Å². The van der Waals surface area contributed by atoms with Gasteiger partial charge in [-0.05, 0) is 30.5 Å². The van der Waals surface area contributed by atoms with Gasteiger partial charge in [0.1, 0.15) is 5.76 Å². The van der Waals surface area contributed by atoms with Crippen molar-refractivity contribution in [2.75, 3.05) is 0 Å². The first-order chi connectivity index (χ1) is 10.6. The van der Waals surface area contributed by atoms with E-state index in [0.29, 0.717) is 12.2 Å². The molecule has 0 saturated heterocycles. The van der Waals surface area contributed by atoms with Crippen molar-refractivity contribution in [3.8, 4) is 0 Å². The summed E-state index contributed by atoms with van der Waals surface area (Å²) in [5.41, 5.74) is 1.67. The van der Waals surface area contributed by atoms with Gasteiger partial charge >= 0.3 is 5.97 Å². The number of aliphatic carboxylic acids is 1. The van der Waals surface area contributed by atoms with Gasteiger partial charge in [-0.15, -0.1) is 0 Å². The monoisotopic (exact) mass is 299 g/mol. The first kappa shape index (κ1) is 15.6. The Kier molecular flexibility index (Phi) is 5.14. The molecule has 1 heterocycles. The van der Waals surface area contributed by atoms with Crippen LogP contribution in [0.15, 0.2) is 54.7 Å². The number of aromatic nitrogens is 1. The van der Waals surface area contributed by atoms with Gasteiger partial charge in [-0.2, -0.15) is 0 Å². The number of hydrogen-bond acceptors (Lipinski definition) is 3. The molecule has 5 heteroatoms. The Morgan fingerprint density at radius 3 is 2.45 bits per heavy atom. The number of benzene rings is 1. The van der Waals surface area contributed by atoms with E-state index in [1.807, 2.05) is 18.2 Å². The molecule has 114 valence electrons. The fraction of sp³-hybridized carbons (Fsp3) is 0.176. The third-order valence-electron chi connectivity index (χ3n) is 3.28. The van der Waals surface area contributed by atoms with Crippen LogP contribution in [-0.4, -0.2) is 26.5 Å². The molecule has 22 heavy (non-hydrogen) atoms. The summed E-state index contributed by atoms with van der Waals surface area (Å²) < 4.78 is 1.80. The number of carboxylic acids is 1. The number of nitrogens with zero attached hydrogens (tertiary/aromatic N) is 1. The van der Waals surface area contributed by atoms with Gasteiger partial charge in [-0.25, -0.2) is 4.79 Å². The van der Waals surface area contributed by atoms with Crippen LogP contribution in [-0.2, 0) is 22.6 Å². The average molecular weight is 299 g/mol. The van der Waals surface area contributed by atoms with Gasteiger partial charge in [-0.3, -0.25) is 4.79 Å². The SMILES string of the molecule is O=C(O)C(=O)/C=C(\O)c1cccn1CCCc1ccccc1. The zero-order valence-electron chi connectivity index (χ0n) is 12.0. The number of aliphatic hydroxyl groups excluding tert-OH is 1. The van der Waals surface area contributed by atoms with Crippen LogP contribution in [0.2, 0.25) is 0 Å². The highest BCUT2D eigenvalue weighted by molar-refractivity contribution is 6.38. The lowest BCUT2D eigenvalue weighted by molar-refractivity contribution is -0.146. The molecule has 2 aromatic rings. The lowest BCUT2D eigenvalue weighted by Crippen LogP contribution is -2.10. The first-order valence-corrected chi connectivity index (χ1v) is 6.95. The van der Waals surface area contributed by atoms with Crippen LogP contribution in [0.25, 0.3) is 5.76 Å². The van der Waals surface area contributed by atoms with Crippen molar-refractivity contribution >= 4 is 17.5 Å². The number of carboxylic acid groups (broad SMARTS) is 1. The zero-order chi connectivity index (χ0) is 15.9. The smallest absolute Gasteiger partial charge is 0.376 e. The molecular weight excluding hydrogens is 282 g/mol. The molecule has 2 N–H and O–H groups in total. The number of aryl methyl sites for hydroxylation is 2. The number of ketones is 1. The van der Waals surface area contributed by atoms with Crippen molar-refractivity contribution in [3.63, 3.8) is 0 Å². The summed E-state index contributed by atoms with van der Waals surface area (Å²) in [5, 5.41) is 18.4. The molecule has 0 aliphatic heterocycles. The molecule has 1 aromatic heterocycles. The second kappa shape index (κ2) is 7.26. The Bertz CT molecular complexity index is 686. The van der Waals surface area contributed by atoms with E-state index in [9.17, 15) is 14.7 Å². The highest BCUT2D eigenvalue weighted by Gasteiger charge is 2.12. The molecule has 0 bridgehead atoms. The van der Waals surface area contributed by atoms with Gasteiger partial charge < -0.3 is 14.8 Å². The predicted octanol–water partition coefficient (Wildman–Crippen LogP) is 2.67. The Labute approximate surface area is 128 Å². The van der Waals surface area contributed by atoms with E-state index in [4.69, 9.17) is 5.11 Å². The summed E-state index contributed by atoms with van der Waals surface area (Å²) in [7, 11) is 0. The zero-order valence-corrected chi connectivity index (χ0v) is 12.0. The van der Waals surface area contributed by atoms with Crippen molar-refractivity contribution in [3.05, 3.63) is 66.0 Å². The molecule has 2 rings (SSSR count). The Morgan fingerprint density at radius 1 is 1.05 bits per heavy atom. The highest BCUT2D eigenvalue weighted by Crippen LogP contribution is 2.14. The molecule has 0 radical (unpaired) electrons. The van der Waals surface area contributed by atoms with E-state index in [1.165, 1.54) is 5.56 Å². The maximum absolute atomic E-state index is 11.1. The number of rotatable bonds is 7. The molecule has 1 aromatic carbocycles. The number of carbonyl (C=O) groups is 2. The maximum atomic E-state index is 11.1. The molecule has 0 aliphatic rings. The van der Waals surface area contributed by atoms with Gasteiger partial charge in [0.05, 0.1) is 5.69 Å². The van der Waals surface area contributed by atoms with Gasteiger partial charge in [0, 0.05) is 18.8 Å². The minimum absolute atomic E-state index is 0.336. The average Bonchev–Trinajstić information content (AvgIpc) is 2.96. The minimum Gasteiger partial charge on any atom is -0.506 e. The van der Waals surface area contributed by atoms with E-state index in [1.54, 1.807) is 22.9 Å². The molecule has 0 aliphatic carbocycles. The topological polar surface area (TPSA) is 79.5 Å². The third kappa shape index (κ3) is 4.09. The molecule has 0 amide bonds. The van der Waals surface area contributed by atoms with Crippen LogP contribution in [0.4, 0.5) is 0 Å². The summed E-state index contributed by atoms with van der Waals surface area (Å²) in [5.74, 6) is -3.07. The van der Waals surface area contributed by atoms with E-state index in [0.717, 1.165) is 18.9 Å². The van der Waals surface area contributed by atoms with Crippen LogP contribution >= 0.6 is 0 Å². The lowest BCUT2D eigenvalue weighted by atomic mass is 10.1. The van der Waals surface area contributed by atoms with Crippen molar-refractivity contribution in [2.24, 2.45) is 0 Å². The van der Waals surface area contributed by atoms with Gasteiger partial charge in [0.15, 0.2) is 0 Å². The fourth-order valence-electron chi connectivity index (χ4n) is 2.20. The van der Waals surface area contributed by atoms with Crippen LogP contribution in [0.1, 0.15) is 17.7 Å². The van der Waals surface area contributed by atoms with Gasteiger partial charge in [0.2, 0.25) is 0 Å². The third-order valence-corrected chi connectivity index (χ3v) is 3.28. The molecule has 0 fully saturated rings. The van der Waals surface area contributed by atoms with E-state index in [-0.39, 0.29) is 5.76 Å². The predicted molar refractivity (Wildman–Crippen MR) is 82.4 cm³/mol. The fourth-order valence-corrected chi connectivity index (χ4v) is 2.20. The molecular formula is C17H17NO4. The van der Waals surface area contributed by atoms with Gasteiger partial charge in [0.25, 0.3) is 5.78 Å². The number of carbonyl (C=O) groups excluding carboxylic acids is 1. The van der Waals surface area contributed by atoms with E-state index in [2.05, 4.69) is 12.1 Å². The second-order valence-corrected chi connectivity index (χ2v) is 4.87. The van der Waals surface area contributed by atoms with Crippen LogP contribution in [0.5, 0.6) is 0 Å². The molecule has 0 unspecified atom stereocenters. The summed E-state index contributed by atoms with van der Waals surface area (Å²) in [6.07, 6.45) is 4.28. The van der Waals surface area contributed by atoms with Crippen molar-refractivity contribution in [1.29, 1.82) is 0 Å². The Hall–Kier alpha value is -2.82. The van der Waals surface area contributed by atoms with E-state index >= 15 is 0 Å². The minimum atomic E-state index is -1.59. The summed E-state index contributed by atoms with van der Waals surface area (Å²) in [4.78, 5) is 21.6. The largest absolute Gasteiger partial charge is 0.506 e. The molecule has 0 atom stereocenters. The summed E-state index contributed by atoms with van der Waals surface area (Å²) in [6.45, 7) is 0.663. The molecule has 0 saturated carbocycles. The Morgan fingerprint density at radius 2 is 1.77 bits per heavy atom. The quantitative estimate of drug-likeness (QED) is 0.468. The van der Waals surface area contributed by atoms with Gasteiger partial charge in [-0.1, -0.05) is 30.3 Å². The van der Waals surface area contributed by atoms with Crippen LogP contribution < -0.4 is 0 Å². The first-order valence-electron chi connectivity index (χ1n) is 6.95. The van der Waals surface area contributed by atoms with E-state index < -0.39 is 11.8 Å². The summed E-state index contributed by atoms with van der Waals surface area (Å²) in [6, 6.07) is 13.4. The molecule has 5 nitrogen and oxygen atoms in total. The second-order valence-electron chi connectivity index (χ2n) is 4.87. The number of hydrogen-bond donors (Lipinski definition) is 2. The highest BCUT2D eigenvalue weighted by atomic mass is 16.4. The van der Waals surface area contributed by atoms with Crippen molar-refractivity contribution < 1.29 is 19.8 Å². The maximum Gasteiger partial charge on any atom is 0.376 e. The normalized spacial score (nSPS) is 11.4. The van der Waals surface area contributed by atoms with Crippen LogP contribution in [0, 0.1) is 0 Å².